The van der Waals surface area contributed by atoms with Gasteiger partial charge < -0.3 is 0 Å². The molecule has 0 saturated heterocycles. The van der Waals surface area contributed by atoms with Crippen molar-refractivity contribution < 1.29 is 9.18 Å². The summed E-state index contributed by atoms with van der Waals surface area (Å²) in [5.41, 5.74) is 1.69. The Labute approximate surface area is 118 Å². The minimum atomic E-state index is -0.470. The van der Waals surface area contributed by atoms with Gasteiger partial charge >= 0.3 is 0 Å². The second-order valence-electron chi connectivity index (χ2n) is 5.13. The average molecular weight is 274 g/mol. The number of hydrogen-bond donors (Lipinski definition) is 0. The monoisotopic (exact) mass is 274 g/mol. The summed E-state index contributed by atoms with van der Waals surface area (Å²) >= 11 is 0. The molecule has 1 heterocycles. The lowest BCUT2D eigenvalue weighted by molar-refractivity contribution is 0.0987. The lowest BCUT2D eigenvalue weighted by Gasteiger charge is -2.08. The lowest BCUT2D eigenvalue weighted by Crippen LogP contribution is -2.09. The van der Waals surface area contributed by atoms with Gasteiger partial charge in [-0.2, -0.15) is 5.10 Å². The minimum absolute atomic E-state index is 0.129. The molecule has 0 radical (unpaired) electrons. The van der Waals surface area contributed by atoms with E-state index in [4.69, 9.17) is 0 Å². The van der Waals surface area contributed by atoms with Crippen molar-refractivity contribution in [2.75, 3.05) is 0 Å². The zero-order valence-corrected chi connectivity index (χ0v) is 12.1. The van der Waals surface area contributed by atoms with Gasteiger partial charge in [0.2, 0.25) is 0 Å². The first kappa shape index (κ1) is 14.4. The molecule has 0 fully saturated rings. The number of halogens is 1. The molecule has 4 heteroatoms. The van der Waals surface area contributed by atoms with Crippen LogP contribution in [0.3, 0.4) is 0 Å². The Morgan fingerprint density at radius 1 is 1.40 bits per heavy atom. The van der Waals surface area contributed by atoms with Crippen LogP contribution in [0.4, 0.5) is 4.39 Å². The van der Waals surface area contributed by atoms with Gasteiger partial charge in [0.25, 0.3) is 0 Å². The van der Waals surface area contributed by atoms with Crippen molar-refractivity contribution in [3.05, 3.63) is 53.1 Å². The Kier molecular flexibility index (Phi) is 4.32. The number of aryl methyl sites for hydroxylation is 1. The molecule has 106 valence electrons. The van der Waals surface area contributed by atoms with Crippen LogP contribution in [0.5, 0.6) is 0 Å². The number of rotatable bonds is 5. The number of Topliss-reactive ketones (excluding diaryl/α,β-unsaturated/α-hetero) is 1. The van der Waals surface area contributed by atoms with Gasteiger partial charge in [-0.05, 0) is 38.5 Å². The van der Waals surface area contributed by atoms with E-state index in [1.807, 2.05) is 23.9 Å². The van der Waals surface area contributed by atoms with Crippen molar-refractivity contribution >= 4 is 5.78 Å². The molecule has 0 amide bonds. The van der Waals surface area contributed by atoms with E-state index in [0.29, 0.717) is 11.7 Å². The summed E-state index contributed by atoms with van der Waals surface area (Å²) in [7, 11) is 0. The largest absolute Gasteiger partial charge is 0.294 e. The summed E-state index contributed by atoms with van der Waals surface area (Å²) in [6.45, 7) is 5.99. The van der Waals surface area contributed by atoms with Crippen LogP contribution < -0.4 is 0 Å². The molecule has 0 bridgehead atoms. The van der Waals surface area contributed by atoms with E-state index < -0.39 is 5.82 Å². The van der Waals surface area contributed by atoms with Crippen LogP contribution in [0.2, 0.25) is 0 Å². The Balaban J connectivity index is 2.15. The minimum Gasteiger partial charge on any atom is -0.294 e. The third-order valence-electron chi connectivity index (χ3n) is 3.47. The van der Waals surface area contributed by atoms with E-state index >= 15 is 0 Å². The first-order valence-corrected chi connectivity index (χ1v) is 6.84. The van der Waals surface area contributed by atoms with Crippen LogP contribution in [-0.4, -0.2) is 15.6 Å². The van der Waals surface area contributed by atoms with E-state index in [1.54, 1.807) is 12.1 Å². The average Bonchev–Trinajstić information content (AvgIpc) is 2.89. The molecule has 2 aromatic rings. The topological polar surface area (TPSA) is 34.9 Å². The Morgan fingerprint density at radius 2 is 2.15 bits per heavy atom. The second kappa shape index (κ2) is 5.99. The molecule has 3 nitrogen and oxygen atoms in total. The van der Waals surface area contributed by atoms with Crippen molar-refractivity contribution in [2.45, 2.75) is 39.7 Å². The third kappa shape index (κ3) is 3.13. The summed E-state index contributed by atoms with van der Waals surface area (Å²) in [6, 6.07) is 6.69. The Morgan fingerprint density at radius 3 is 2.85 bits per heavy atom. The van der Waals surface area contributed by atoms with Gasteiger partial charge in [-0.1, -0.05) is 18.6 Å². The Bertz CT molecular complexity index is 619. The van der Waals surface area contributed by atoms with Gasteiger partial charge in [0, 0.05) is 12.2 Å². The first-order chi connectivity index (χ1) is 9.51. The predicted octanol–water partition coefficient (Wildman–Crippen LogP) is 3.73. The number of carbonyl (C=O) groups excluding carboxylic acids is 1. The molecule has 0 N–H and O–H groups in total. The van der Waals surface area contributed by atoms with E-state index in [-0.39, 0.29) is 17.8 Å². The number of nitrogens with zero attached hydrogens (tertiary/aromatic N) is 2. The number of carbonyl (C=O) groups is 1. The van der Waals surface area contributed by atoms with E-state index in [0.717, 1.165) is 12.0 Å². The highest BCUT2D eigenvalue weighted by molar-refractivity contribution is 5.97. The fraction of sp³-hybridized carbons (Fsp3) is 0.375. The van der Waals surface area contributed by atoms with Gasteiger partial charge in [0.1, 0.15) is 5.82 Å². The van der Waals surface area contributed by atoms with Gasteiger partial charge in [0.15, 0.2) is 5.78 Å². The quantitative estimate of drug-likeness (QED) is 0.779. The molecule has 1 aromatic carbocycles. The fourth-order valence-corrected chi connectivity index (χ4v) is 2.02. The van der Waals surface area contributed by atoms with Crippen molar-refractivity contribution in [2.24, 2.45) is 0 Å². The van der Waals surface area contributed by atoms with Crippen LogP contribution in [0.25, 0.3) is 0 Å². The molecule has 1 unspecified atom stereocenters. The van der Waals surface area contributed by atoms with E-state index in [1.165, 1.54) is 6.07 Å². The zero-order chi connectivity index (χ0) is 14.7. The summed E-state index contributed by atoms with van der Waals surface area (Å²) in [6.07, 6.45) is 2.97. The zero-order valence-electron chi connectivity index (χ0n) is 12.1. The standard InChI is InChI=1S/C16H19FN2O/c1-4-12(3)19-8-7-13(18-19)10-16(20)14-9-11(2)5-6-15(14)17/h5-9,12H,4,10H2,1-3H3. The van der Waals surface area contributed by atoms with Crippen molar-refractivity contribution in [3.8, 4) is 0 Å². The highest BCUT2D eigenvalue weighted by atomic mass is 19.1. The van der Waals surface area contributed by atoms with Crippen molar-refractivity contribution in [1.82, 2.24) is 9.78 Å². The predicted molar refractivity (Wildman–Crippen MR) is 76.4 cm³/mol. The number of hydrogen-bond acceptors (Lipinski definition) is 2. The smallest absolute Gasteiger partial charge is 0.171 e. The summed E-state index contributed by atoms with van der Waals surface area (Å²) in [4.78, 5) is 12.1. The Hall–Kier alpha value is -1.97. The number of ketones is 1. The highest BCUT2D eigenvalue weighted by Crippen LogP contribution is 2.14. The normalized spacial score (nSPS) is 12.4. The van der Waals surface area contributed by atoms with Crippen LogP contribution >= 0.6 is 0 Å². The van der Waals surface area contributed by atoms with E-state index in [2.05, 4.69) is 18.9 Å². The molecular formula is C16H19FN2O. The highest BCUT2D eigenvalue weighted by Gasteiger charge is 2.14. The van der Waals surface area contributed by atoms with Crippen LogP contribution in [0, 0.1) is 12.7 Å². The first-order valence-electron chi connectivity index (χ1n) is 6.84. The maximum Gasteiger partial charge on any atom is 0.171 e. The molecule has 0 saturated carbocycles. The molecule has 2 rings (SSSR count). The van der Waals surface area contributed by atoms with Crippen molar-refractivity contribution in [1.29, 1.82) is 0 Å². The lowest BCUT2D eigenvalue weighted by atomic mass is 10.0. The van der Waals surface area contributed by atoms with Crippen LogP contribution in [-0.2, 0) is 6.42 Å². The van der Waals surface area contributed by atoms with Gasteiger partial charge in [0.05, 0.1) is 17.7 Å². The molecule has 20 heavy (non-hydrogen) atoms. The van der Waals surface area contributed by atoms with Crippen LogP contribution in [0.15, 0.2) is 30.5 Å². The third-order valence-corrected chi connectivity index (χ3v) is 3.47. The fourth-order valence-electron chi connectivity index (χ4n) is 2.02. The summed E-state index contributed by atoms with van der Waals surface area (Å²) in [5, 5.41) is 4.37. The van der Waals surface area contributed by atoms with E-state index in [9.17, 15) is 9.18 Å². The summed E-state index contributed by atoms with van der Waals surface area (Å²) in [5.74, 6) is -0.706. The molecule has 0 aliphatic rings. The molecule has 1 atom stereocenters. The number of benzene rings is 1. The van der Waals surface area contributed by atoms with Gasteiger partial charge in [-0.25, -0.2) is 4.39 Å². The second-order valence-corrected chi connectivity index (χ2v) is 5.13. The molecular weight excluding hydrogens is 255 g/mol. The summed E-state index contributed by atoms with van der Waals surface area (Å²) < 4.78 is 15.5. The van der Waals surface area contributed by atoms with Gasteiger partial charge in [-0.15, -0.1) is 0 Å². The maximum atomic E-state index is 13.7. The SMILES string of the molecule is CCC(C)n1ccc(CC(=O)c2cc(C)ccc2F)n1. The maximum absolute atomic E-state index is 13.7. The molecule has 0 spiro atoms. The molecule has 0 aliphatic heterocycles. The molecule has 1 aromatic heterocycles. The van der Waals surface area contributed by atoms with Crippen molar-refractivity contribution in [3.63, 3.8) is 0 Å². The van der Waals surface area contributed by atoms with Gasteiger partial charge in [-0.3, -0.25) is 9.48 Å². The molecule has 0 aliphatic carbocycles. The number of aromatic nitrogens is 2. The van der Waals surface area contributed by atoms with Crippen LogP contribution in [0.1, 0.15) is 47.9 Å².